The van der Waals surface area contributed by atoms with Crippen molar-refractivity contribution in [2.24, 2.45) is 0 Å². The van der Waals surface area contributed by atoms with Gasteiger partial charge in [0.05, 0.1) is 12.0 Å². The summed E-state index contributed by atoms with van der Waals surface area (Å²) in [5, 5.41) is 2.83. The molecule has 0 aliphatic heterocycles. The number of aromatic nitrogens is 2. The summed E-state index contributed by atoms with van der Waals surface area (Å²) < 4.78 is 1.32. The highest BCUT2D eigenvalue weighted by atomic mass is 32.2. The molecule has 1 aromatic heterocycles. The maximum atomic E-state index is 12.1. The van der Waals surface area contributed by atoms with Crippen molar-refractivity contribution in [3.8, 4) is 0 Å². The molecule has 1 amide bonds. The molecule has 1 N–H and O–H groups in total. The van der Waals surface area contributed by atoms with Crippen LogP contribution < -0.4 is 10.9 Å². The molecule has 1 aromatic carbocycles. The second-order valence-corrected chi connectivity index (χ2v) is 5.69. The summed E-state index contributed by atoms with van der Waals surface area (Å²) in [5.74, 6) is -0.242. The van der Waals surface area contributed by atoms with E-state index in [0.29, 0.717) is 0 Å². The van der Waals surface area contributed by atoms with Gasteiger partial charge in [-0.1, -0.05) is 25.5 Å². The number of nitrogens with one attached hydrogen (secondary N) is 1. The van der Waals surface area contributed by atoms with Crippen molar-refractivity contribution in [2.75, 3.05) is 11.6 Å². The monoisotopic (exact) mass is 317 g/mol. The van der Waals surface area contributed by atoms with E-state index in [1.807, 2.05) is 37.4 Å². The Hall–Kier alpha value is -2.08. The number of carbonyl (C=O) groups is 1. The lowest BCUT2D eigenvalue weighted by Crippen LogP contribution is -2.28. The summed E-state index contributed by atoms with van der Waals surface area (Å²) >= 11 is 1.56. The molecule has 2 aromatic rings. The predicted octanol–water partition coefficient (Wildman–Crippen LogP) is 2.56. The molecule has 22 heavy (non-hydrogen) atoms. The normalized spacial score (nSPS) is 10.5. The molecule has 6 heteroatoms. The quantitative estimate of drug-likeness (QED) is 0.832. The fraction of sp³-hybridized carbons (Fsp3) is 0.312. The van der Waals surface area contributed by atoms with Crippen LogP contribution >= 0.6 is 11.8 Å². The zero-order valence-electron chi connectivity index (χ0n) is 12.7. The molecule has 0 aliphatic carbocycles. The Bertz CT molecular complexity index is 713. The van der Waals surface area contributed by atoms with Crippen LogP contribution in [0.5, 0.6) is 0 Å². The van der Waals surface area contributed by atoms with E-state index >= 15 is 0 Å². The fourth-order valence-electron chi connectivity index (χ4n) is 2.07. The Kier molecular flexibility index (Phi) is 5.77. The molecule has 5 nitrogen and oxygen atoms in total. The molecule has 0 aliphatic rings. The van der Waals surface area contributed by atoms with E-state index in [1.165, 1.54) is 17.0 Å². The minimum Gasteiger partial charge on any atom is -0.324 e. The van der Waals surface area contributed by atoms with Crippen LogP contribution in [0.15, 0.2) is 46.3 Å². The Morgan fingerprint density at radius 3 is 2.82 bits per heavy atom. The number of hydrogen-bond donors (Lipinski definition) is 1. The van der Waals surface area contributed by atoms with Crippen molar-refractivity contribution in [1.29, 1.82) is 0 Å². The number of thioether (sulfide) groups is 1. The molecule has 2 rings (SSSR count). The van der Waals surface area contributed by atoms with E-state index in [9.17, 15) is 9.59 Å². The fourth-order valence-corrected chi connectivity index (χ4v) is 2.62. The second kappa shape index (κ2) is 7.79. The van der Waals surface area contributed by atoms with Crippen LogP contribution in [0.4, 0.5) is 5.69 Å². The molecule has 1 heterocycles. The van der Waals surface area contributed by atoms with Gasteiger partial charge < -0.3 is 5.32 Å². The topological polar surface area (TPSA) is 64.0 Å². The van der Waals surface area contributed by atoms with Gasteiger partial charge in [0.15, 0.2) is 0 Å². The molecule has 0 radical (unpaired) electrons. The molecule has 0 unspecified atom stereocenters. The van der Waals surface area contributed by atoms with Gasteiger partial charge in [-0.05, 0) is 24.8 Å². The van der Waals surface area contributed by atoms with E-state index < -0.39 is 0 Å². The molecule has 116 valence electrons. The van der Waals surface area contributed by atoms with Gasteiger partial charge in [-0.15, -0.1) is 11.8 Å². The summed E-state index contributed by atoms with van der Waals surface area (Å²) in [6.07, 6.45) is 5.09. The van der Waals surface area contributed by atoms with Gasteiger partial charge in [0.1, 0.15) is 6.54 Å². The molecular formula is C16H19N3O2S. The lowest BCUT2D eigenvalue weighted by atomic mass is 10.2. The summed E-state index contributed by atoms with van der Waals surface area (Å²) in [7, 11) is 0. The summed E-state index contributed by atoms with van der Waals surface area (Å²) in [6.45, 7) is 1.99. The van der Waals surface area contributed by atoms with Crippen molar-refractivity contribution in [2.45, 2.75) is 31.2 Å². The minimum atomic E-state index is -0.242. The number of benzene rings is 1. The summed E-state index contributed by atoms with van der Waals surface area (Å²) in [4.78, 5) is 29.3. The molecule has 0 saturated carbocycles. The molecule has 0 fully saturated rings. The first kappa shape index (κ1) is 16.3. The maximum absolute atomic E-state index is 12.1. The first-order valence-corrected chi connectivity index (χ1v) is 8.34. The molecule has 0 atom stereocenters. The van der Waals surface area contributed by atoms with Crippen LogP contribution in [-0.2, 0) is 17.8 Å². The number of anilines is 1. The standard InChI is InChI=1S/C16H19N3O2S/c1-3-6-12-9-16(21)19(11-17-12)10-15(20)18-13-7-4-5-8-14(13)22-2/h4-5,7-9,11H,3,6,10H2,1-2H3,(H,18,20). The predicted molar refractivity (Wildman–Crippen MR) is 89.3 cm³/mol. The van der Waals surface area contributed by atoms with Crippen LogP contribution in [0.25, 0.3) is 0 Å². The van der Waals surface area contributed by atoms with Gasteiger partial charge in [0, 0.05) is 16.7 Å². The van der Waals surface area contributed by atoms with Crippen molar-refractivity contribution in [3.05, 3.63) is 52.7 Å². The van der Waals surface area contributed by atoms with Gasteiger partial charge in [0.25, 0.3) is 5.56 Å². The van der Waals surface area contributed by atoms with E-state index in [2.05, 4.69) is 10.3 Å². The van der Waals surface area contributed by atoms with Crippen LogP contribution in [0, 0.1) is 0 Å². The SMILES string of the molecule is CCCc1cc(=O)n(CC(=O)Nc2ccccc2SC)cn1. The number of nitrogens with zero attached hydrogens (tertiary/aromatic N) is 2. The van der Waals surface area contributed by atoms with Crippen molar-refractivity contribution >= 4 is 23.4 Å². The number of aryl methyl sites for hydroxylation is 1. The van der Waals surface area contributed by atoms with E-state index in [4.69, 9.17) is 0 Å². The first-order valence-electron chi connectivity index (χ1n) is 7.12. The Morgan fingerprint density at radius 2 is 2.14 bits per heavy atom. The van der Waals surface area contributed by atoms with Crippen LogP contribution in [0.1, 0.15) is 19.0 Å². The number of amides is 1. The van der Waals surface area contributed by atoms with Crippen LogP contribution in [0.2, 0.25) is 0 Å². The molecule has 0 saturated heterocycles. The average molecular weight is 317 g/mol. The van der Waals surface area contributed by atoms with Gasteiger partial charge >= 0.3 is 0 Å². The third-order valence-corrected chi connectivity index (χ3v) is 3.93. The van der Waals surface area contributed by atoms with Gasteiger partial charge in [-0.25, -0.2) is 4.98 Å². The van der Waals surface area contributed by atoms with Crippen LogP contribution in [0.3, 0.4) is 0 Å². The molecule has 0 bridgehead atoms. The van der Waals surface area contributed by atoms with E-state index in [-0.39, 0.29) is 18.0 Å². The minimum absolute atomic E-state index is 0.0407. The zero-order chi connectivity index (χ0) is 15.9. The van der Waals surface area contributed by atoms with Crippen molar-refractivity contribution in [1.82, 2.24) is 9.55 Å². The van der Waals surface area contributed by atoms with Gasteiger partial charge in [-0.3, -0.25) is 14.2 Å². The van der Waals surface area contributed by atoms with Crippen molar-refractivity contribution in [3.63, 3.8) is 0 Å². The largest absolute Gasteiger partial charge is 0.324 e. The third-order valence-electron chi connectivity index (χ3n) is 3.14. The lowest BCUT2D eigenvalue weighted by molar-refractivity contribution is -0.116. The van der Waals surface area contributed by atoms with Gasteiger partial charge in [-0.2, -0.15) is 0 Å². The lowest BCUT2D eigenvalue weighted by Gasteiger charge is -2.10. The number of para-hydroxylation sites is 1. The Balaban J connectivity index is 2.07. The van der Waals surface area contributed by atoms with E-state index in [0.717, 1.165) is 29.1 Å². The van der Waals surface area contributed by atoms with E-state index in [1.54, 1.807) is 11.8 Å². The number of carbonyl (C=O) groups excluding carboxylic acids is 1. The van der Waals surface area contributed by atoms with Gasteiger partial charge in [0.2, 0.25) is 5.91 Å². The highest BCUT2D eigenvalue weighted by Gasteiger charge is 2.08. The average Bonchev–Trinajstić information content (AvgIpc) is 2.51. The zero-order valence-corrected chi connectivity index (χ0v) is 13.5. The second-order valence-electron chi connectivity index (χ2n) is 4.84. The smallest absolute Gasteiger partial charge is 0.253 e. The Morgan fingerprint density at radius 1 is 1.36 bits per heavy atom. The summed E-state index contributed by atoms with van der Waals surface area (Å²) in [5.41, 5.74) is 1.31. The Labute approximate surface area is 133 Å². The van der Waals surface area contributed by atoms with Crippen LogP contribution in [-0.4, -0.2) is 21.7 Å². The molecule has 0 spiro atoms. The molecular weight excluding hydrogens is 298 g/mol. The maximum Gasteiger partial charge on any atom is 0.253 e. The highest BCUT2D eigenvalue weighted by Crippen LogP contribution is 2.24. The highest BCUT2D eigenvalue weighted by molar-refractivity contribution is 7.98. The first-order chi connectivity index (χ1) is 10.6. The van der Waals surface area contributed by atoms with Crippen molar-refractivity contribution < 1.29 is 4.79 Å². The number of hydrogen-bond acceptors (Lipinski definition) is 4. The summed E-state index contributed by atoms with van der Waals surface area (Å²) in [6, 6.07) is 9.06. The third kappa shape index (κ3) is 4.21. The number of rotatable bonds is 6.